The summed E-state index contributed by atoms with van der Waals surface area (Å²) in [7, 11) is 3.45. The van der Waals surface area contributed by atoms with Crippen molar-refractivity contribution in [2.75, 3.05) is 40.3 Å². The van der Waals surface area contributed by atoms with Crippen LogP contribution in [-0.4, -0.2) is 74.1 Å². The molecule has 1 aromatic rings. The Hall–Kier alpha value is -2.29. The highest BCUT2D eigenvalue weighted by molar-refractivity contribution is 7.11. The second-order valence-corrected chi connectivity index (χ2v) is 8.39. The number of carbonyl (C=O) groups excluding carboxylic acids is 2. The van der Waals surface area contributed by atoms with Gasteiger partial charge in [0, 0.05) is 43.0 Å². The first-order valence-corrected chi connectivity index (χ1v) is 11.0. The molecule has 2 heterocycles. The van der Waals surface area contributed by atoms with Crippen molar-refractivity contribution >= 4 is 29.3 Å². The van der Waals surface area contributed by atoms with Crippen LogP contribution in [0.3, 0.4) is 0 Å². The van der Waals surface area contributed by atoms with Gasteiger partial charge in [0.15, 0.2) is 5.96 Å². The standard InChI is InChI=1S/C20H33N5O3S/c1-5-16-7-8-17(29-16)13-21-19(22-14-18(26)24(3)4)23-15-9-11-25(12-10-15)20(27)28-6-2/h7-8,15H,5-6,9-14H2,1-4H3,(H2,21,22,23). The average molecular weight is 424 g/mol. The predicted molar refractivity (Wildman–Crippen MR) is 116 cm³/mol. The molecule has 9 heteroatoms. The number of hydrogen-bond donors (Lipinski definition) is 2. The Balaban J connectivity index is 1.93. The van der Waals surface area contributed by atoms with E-state index in [1.165, 1.54) is 14.7 Å². The Bertz CT molecular complexity index is 696. The lowest BCUT2D eigenvalue weighted by atomic mass is 10.1. The second-order valence-electron chi connectivity index (χ2n) is 7.13. The summed E-state index contributed by atoms with van der Waals surface area (Å²) >= 11 is 1.78. The highest BCUT2D eigenvalue weighted by atomic mass is 32.1. The number of piperidine rings is 1. The molecule has 2 amide bonds. The van der Waals surface area contributed by atoms with Crippen molar-refractivity contribution in [3.8, 4) is 0 Å². The monoisotopic (exact) mass is 423 g/mol. The molecular formula is C20H33N5O3S. The summed E-state index contributed by atoms with van der Waals surface area (Å²) in [5.74, 6) is 0.578. The second kappa shape index (κ2) is 11.6. The first kappa shape index (κ1) is 23.0. The van der Waals surface area contributed by atoms with Gasteiger partial charge < -0.3 is 25.2 Å². The molecule has 0 atom stereocenters. The van der Waals surface area contributed by atoms with E-state index >= 15 is 0 Å². The third-order valence-corrected chi connectivity index (χ3v) is 5.96. The van der Waals surface area contributed by atoms with Crippen LogP contribution in [0.25, 0.3) is 0 Å². The van der Waals surface area contributed by atoms with Gasteiger partial charge in [-0.25, -0.2) is 9.79 Å². The average Bonchev–Trinajstić information content (AvgIpc) is 3.18. The molecule has 0 saturated carbocycles. The highest BCUT2D eigenvalue weighted by Gasteiger charge is 2.24. The smallest absolute Gasteiger partial charge is 0.409 e. The quantitative estimate of drug-likeness (QED) is 0.518. The highest BCUT2D eigenvalue weighted by Crippen LogP contribution is 2.16. The zero-order chi connectivity index (χ0) is 21.2. The normalized spacial score (nSPS) is 15.2. The number of likely N-dealkylation sites (N-methyl/N-ethyl adjacent to an activating group) is 1. The fraction of sp³-hybridized carbons (Fsp3) is 0.650. The van der Waals surface area contributed by atoms with Crippen LogP contribution in [0.2, 0.25) is 0 Å². The summed E-state index contributed by atoms with van der Waals surface area (Å²) in [4.78, 5) is 34.1. The summed E-state index contributed by atoms with van der Waals surface area (Å²) < 4.78 is 5.07. The molecule has 2 rings (SSSR count). The van der Waals surface area contributed by atoms with Crippen LogP contribution >= 0.6 is 11.3 Å². The first-order chi connectivity index (χ1) is 13.9. The SMILES string of the molecule is CCOC(=O)N1CCC(NC(=NCC(=O)N(C)C)NCc2ccc(CC)s2)CC1. The number of likely N-dealkylation sites (tertiary alicyclic amines) is 1. The Morgan fingerprint density at radius 1 is 1.24 bits per heavy atom. The molecule has 1 saturated heterocycles. The molecule has 0 unspecified atom stereocenters. The maximum atomic E-state index is 11.9. The number of hydrogen-bond acceptors (Lipinski definition) is 5. The minimum atomic E-state index is -0.251. The Morgan fingerprint density at radius 3 is 2.52 bits per heavy atom. The first-order valence-electron chi connectivity index (χ1n) is 10.2. The third-order valence-electron chi connectivity index (χ3n) is 4.73. The molecule has 0 radical (unpaired) electrons. The Kier molecular flexibility index (Phi) is 9.24. The summed E-state index contributed by atoms with van der Waals surface area (Å²) in [6.07, 6.45) is 2.39. The number of aliphatic imine (C=N–C) groups is 1. The van der Waals surface area contributed by atoms with Gasteiger partial charge in [-0.3, -0.25) is 4.79 Å². The van der Waals surface area contributed by atoms with Crippen molar-refractivity contribution in [1.82, 2.24) is 20.4 Å². The van der Waals surface area contributed by atoms with Crippen LogP contribution in [-0.2, 0) is 22.5 Å². The molecule has 1 fully saturated rings. The maximum absolute atomic E-state index is 11.9. The number of carbonyl (C=O) groups is 2. The van der Waals surface area contributed by atoms with Crippen LogP contribution in [0.15, 0.2) is 17.1 Å². The number of amides is 2. The van der Waals surface area contributed by atoms with Crippen molar-refractivity contribution < 1.29 is 14.3 Å². The molecule has 8 nitrogen and oxygen atoms in total. The number of nitrogens with one attached hydrogen (secondary N) is 2. The van der Waals surface area contributed by atoms with E-state index in [0.717, 1.165) is 19.3 Å². The molecule has 1 aliphatic heterocycles. The Morgan fingerprint density at radius 2 is 1.93 bits per heavy atom. The lowest BCUT2D eigenvalue weighted by Crippen LogP contribution is -2.50. The summed E-state index contributed by atoms with van der Waals surface area (Å²) in [6, 6.07) is 4.46. The molecule has 0 aromatic carbocycles. The zero-order valence-corrected chi connectivity index (χ0v) is 18.7. The summed E-state index contributed by atoms with van der Waals surface area (Å²) in [5.41, 5.74) is 0. The molecule has 0 aliphatic carbocycles. The molecule has 1 aromatic heterocycles. The van der Waals surface area contributed by atoms with Gasteiger partial charge in [0.05, 0.1) is 13.2 Å². The molecule has 0 spiro atoms. The van der Waals surface area contributed by atoms with E-state index < -0.39 is 0 Å². The number of ether oxygens (including phenoxy) is 1. The van der Waals surface area contributed by atoms with Crippen molar-refractivity contribution in [1.29, 1.82) is 0 Å². The van der Waals surface area contributed by atoms with Gasteiger partial charge in [0.25, 0.3) is 0 Å². The van der Waals surface area contributed by atoms with Crippen LogP contribution in [0.1, 0.15) is 36.4 Å². The molecule has 162 valence electrons. The van der Waals surface area contributed by atoms with E-state index in [2.05, 4.69) is 34.7 Å². The maximum Gasteiger partial charge on any atom is 0.409 e. The van der Waals surface area contributed by atoms with Gasteiger partial charge in [-0.15, -0.1) is 11.3 Å². The minimum Gasteiger partial charge on any atom is -0.450 e. The largest absolute Gasteiger partial charge is 0.450 e. The number of guanidine groups is 1. The number of aryl methyl sites for hydroxylation is 1. The lowest BCUT2D eigenvalue weighted by molar-refractivity contribution is -0.127. The van der Waals surface area contributed by atoms with Crippen molar-refractivity contribution in [3.05, 3.63) is 21.9 Å². The predicted octanol–water partition coefficient (Wildman–Crippen LogP) is 2.05. The van der Waals surface area contributed by atoms with Gasteiger partial charge in [0.2, 0.25) is 5.91 Å². The van der Waals surface area contributed by atoms with Crippen molar-refractivity contribution in [3.63, 3.8) is 0 Å². The van der Waals surface area contributed by atoms with Crippen molar-refractivity contribution in [2.24, 2.45) is 4.99 Å². The van der Waals surface area contributed by atoms with Crippen molar-refractivity contribution in [2.45, 2.75) is 45.7 Å². The fourth-order valence-corrected chi connectivity index (χ4v) is 3.83. The molecule has 29 heavy (non-hydrogen) atoms. The summed E-state index contributed by atoms with van der Waals surface area (Å²) in [6.45, 7) is 6.39. The molecule has 1 aliphatic rings. The van der Waals surface area contributed by atoms with E-state index in [-0.39, 0.29) is 24.6 Å². The van der Waals surface area contributed by atoms with Gasteiger partial charge in [0.1, 0.15) is 6.54 Å². The van der Waals surface area contributed by atoms with Crippen LogP contribution in [0.4, 0.5) is 4.79 Å². The third kappa shape index (κ3) is 7.56. The molecular weight excluding hydrogens is 390 g/mol. The van der Waals surface area contributed by atoms with Crippen LogP contribution < -0.4 is 10.6 Å². The van der Waals surface area contributed by atoms with E-state index in [4.69, 9.17) is 4.74 Å². The lowest BCUT2D eigenvalue weighted by Gasteiger charge is -2.32. The van der Waals surface area contributed by atoms with Gasteiger partial charge in [-0.1, -0.05) is 6.92 Å². The van der Waals surface area contributed by atoms with Gasteiger partial charge in [-0.2, -0.15) is 0 Å². The van der Waals surface area contributed by atoms with E-state index in [1.807, 2.05) is 6.92 Å². The van der Waals surface area contributed by atoms with Crippen LogP contribution in [0.5, 0.6) is 0 Å². The number of nitrogens with zero attached hydrogens (tertiary/aromatic N) is 3. The van der Waals surface area contributed by atoms with Gasteiger partial charge in [-0.05, 0) is 38.3 Å². The van der Waals surface area contributed by atoms with E-state index in [1.54, 1.807) is 30.3 Å². The number of rotatable bonds is 7. The number of thiophene rings is 1. The van der Waals surface area contributed by atoms with E-state index in [0.29, 0.717) is 32.2 Å². The molecule has 2 N–H and O–H groups in total. The Labute approximate surface area is 177 Å². The van der Waals surface area contributed by atoms with E-state index in [9.17, 15) is 9.59 Å². The zero-order valence-electron chi connectivity index (χ0n) is 17.9. The summed E-state index contributed by atoms with van der Waals surface area (Å²) in [5, 5.41) is 6.77. The minimum absolute atomic E-state index is 0.0485. The molecule has 0 bridgehead atoms. The fourth-order valence-electron chi connectivity index (χ4n) is 2.93. The van der Waals surface area contributed by atoms with Gasteiger partial charge >= 0.3 is 6.09 Å². The topological polar surface area (TPSA) is 86.3 Å². The van der Waals surface area contributed by atoms with Crippen LogP contribution in [0, 0.1) is 0 Å².